The van der Waals surface area contributed by atoms with Gasteiger partial charge in [-0.15, -0.1) is 0 Å². The second kappa shape index (κ2) is 2.64. The molecule has 0 spiro atoms. The molecule has 1 aromatic heterocycles. The summed E-state index contributed by atoms with van der Waals surface area (Å²) in [7, 11) is 0. The molecule has 0 bridgehead atoms. The van der Waals surface area contributed by atoms with Gasteiger partial charge < -0.3 is 5.73 Å². The number of hydrogen-bond donors (Lipinski definition) is 1. The fourth-order valence-electron chi connectivity index (χ4n) is 0.667. The highest BCUT2D eigenvalue weighted by Crippen LogP contribution is 2.08. The molecule has 10 heavy (non-hydrogen) atoms. The van der Waals surface area contributed by atoms with Gasteiger partial charge in [-0.3, -0.25) is 0 Å². The van der Waals surface area contributed by atoms with E-state index in [1.54, 1.807) is 12.3 Å². The topological polar surface area (TPSA) is 51.8 Å². The van der Waals surface area contributed by atoms with Crippen LogP contribution in [0.1, 0.15) is 25.6 Å². The van der Waals surface area contributed by atoms with Gasteiger partial charge in [0.15, 0.2) is 0 Å². The first-order valence-electron chi connectivity index (χ1n) is 3.28. The predicted octanol–water partition coefficient (Wildman–Crippen LogP) is 1.18. The zero-order valence-corrected chi connectivity index (χ0v) is 6.20. The molecule has 2 N–H and O–H groups in total. The molecule has 0 amide bonds. The molecule has 3 heteroatoms. The van der Waals surface area contributed by atoms with Gasteiger partial charge in [-0.25, -0.2) is 9.97 Å². The Bertz CT molecular complexity index is 220. The Kier molecular flexibility index (Phi) is 1.85. The van der Waals surface area contributed by atoms with Crippen molar-refractivity contribution < 1.29 is 0 Å². The SMILES string of the molecule is CC(C)c1nccc(N)n1. The Morgan fingerprint density at radius 2 is 2.20 bits per heavy atom. The zero-order chi connectivity index (χ0) is 7.56. The van der Waals surface area contributed by atoms with E-state index in [2.05, 4.69) is 9.97 Å². The molecule has 0 atom stereocenters. The quantitative estimate of drug-likeness (QED) is 0.632. The van der Waals surface area contributed by atoms with E-state index in [1.165, 1.54) is 0 Å². The standard InChI is InChI=1S/C7H11N3/c1-5(2)7-9-4-3-6(8)10-7/h3-5H,1-2H3,(H2,8,9,10). The van der Waals surface area contributed by atoms with Crippen molar-refractivity contribution in [2.45, 2.75) is 19.8 Å². The first kappa shape index (κ1) is 6.99. The highest BCUT2D eigenvalue weighted by Gasteiger charge is 2.00. The van der Waals surface area contributed by atoms with Crippen LogP contribution in [0.3, 0.4) is 0 Å². The molecule has 0 saturated carbocycles. The Hall–Kier alpha value is -1.12. The maximum atomic E-state index is 5.45. The first-order valence-corrected chi connectivity index (χ1v) is 3.28. The summed E-state index contributed by atoms with van der Waals surface area (Å²) in [6.07, 6.45) is 1.68. The molecule has 1 heterocycles. The van der Waals surface area contributed by atoms with E-state index in [9.17, 15) is 0 Å². The average molecular weight is 137 g/mol. The molecule has 0 aliphatic rings. The number of nitrogens with two attached hydrogens (primary N) is 1. The monoisotopic (exact) mass is 137 g/mol. The molecule has 0 aromatic carbocycles. The molecule has 0 saturated heterocycles. The van der Waals surface area contributed by atoms with E-state index < -0.39 is 0 Å². The summed E-state index contributed by atoms with van der Waals surface area (Å²) in [6.45, 7) is 4.07. The molecule has 0 fully saturated rings. The minimum Gasteiger partial charge on any atom is -0.384 e. The minimum atomic E-state index is 0.350. The number of nitrogen functional groups attached to an aromatic ring is 1. The van der Waals surface area contributed by atoms with Gasteiger partial charge in [0.2, 0.25) is 0 Å². The van der Waals surface area contributed by atoms with Crippen molar-refractivity contribution in [2.75, 3.05) is 5.73 Å². The van der Waals surface area contributed by atoms with E-state index in [-0.39, 0.29) is 0 Å². The molecule has 3 nitrogen and oxygen atoms in total. The zero-order valence-electron chi connectivity index (χ0n) is 6.20. The van der Waals surface area contributed by atoms with Crippen LogP contribution in [0.2, 0.25) is 0 Å². The maximum Gasteiger partial charge on any atom is 0.133 e. The maximum absolute atomic E-state index is 5.45. The van der Waals surface area contributed by atoms with E-state index >= 15 is 0 Å². The van der Waals surface area contributed by atoms with Crippen LogP contribution in [0.25, 0.3) is 0 Å². The molecular weight excluding hydrogens is 126 g/mol. The van der Waals surface area contributed by atoms with Gasteiger partial charge in [0, 0.05) is 12.1 Å². The normalized spacial score (nSPS) is 10.3. The molecule has 1 rings (SSSR count). The van der Waals surface area contributed by atoms with Crippen LogP contribution in [0.4, 0.5) is 5.82 Å². The summed E-state index contributed by atoms with van der Waals surface area (Å²) >= 11 is 0. The Balaban J connectivity index is 2.96. The number of hydrogen-bond acceptors (Lipinski definition) is 3. The van der Waals surface area contributed by atoms with Crippen LogP contribution < -0.4 is 5.73 Å². The van der Waals surface area contributed by atoms with Gasteiger partial charge in [-0.05, 0) is 6.07 Å². The summed E-state index contributed by atoms with van der Waals surface area (Å²) in [4.78, 5) is 8.09. The molecular formula is C7H11N3. The number of anilines is 1. The van der Waals surface area contributed by atoms with Crippen molar-refractivity contribution >= 4 is 5.82 Å². The highest BCUT2D eigenvalue weighted by molar-refractivity contribution is 5.25. The Morgan fingerprint density at radius 1 is 1.50 bits per heavy atom. The third-order valence-corrected chi connectivity index (χ3v) is 1.21. The Morgan fingerprint density at radius 3 is 2.60 bits per heavy atom. The van der Waals surface area contributed by atoms with Gasteiger partial charge >= 0.3 is 0 Å². The number of nitrogens with zero attached hydrogens (tertiary/aromatic N) is 2. The van der Waals surface area contributed by atoms with Crippen LogP contribution in [0, 0.1) is 0 Å². The summed E-state index contributed by atoms with van der Waals surface area (Å²) in [5.41, 5.74) is 5.45. The summed E-state index contributed by atoms with van der Waals surface area (Å²) in [6, 6.07) is 1.69. The first-order chi connectivity index (χ1) is 4.70. The number of aromatic nitrogens is 2. The van der Waals surface area contributed by atoms with Crippen molar-refractivity contribution in [2.24, 2.45) is 0 Å². The molecule has 0 unspecified atom stereocenters. The van der Waals surface area contributed by atoms with Crippen LogP contribution in [0.15, 0.2) is 12.3 Å². The molecule has 1 aromatic rings. The van der Waals surface area contributed by atoms with E-state index in [0.717, 1.165) is 5.82 Å². The van der Waals surface area contributed by atoms with Crippen LogP contribution in [-0.2, 0) is 0 Å². The third kappa shape index (κ3) is 1.43. The second-order valence-corrected chi connectivity index (χ2v) is 2.49. The minimum absolute atomic E-state index is 0.350. The molecule has 0 radical (unpaired) electrons. The van der Waals surface area contributed by atoms with Crippen molar-refractivity contribution in [3.63, 3.8) is 0 Å². The summed E-state index contributed by atoms with van der Waals surface area (Å²) < 4.78 is 0. The van der Waals surface area contributed by atoms with Crippen LogP contribution >= 0.6 is 0 Å². The van der Waals surface area contributed by atoms with Gasteiger partial charge in [-0.2, -0.15) is 0 Å². The predicted molar refractivity (Wildman–Crippen MR) is 40.5 cm³/mol. The summed E-state index contributed by atoms with van der Waals surface area (Å²) in [5, 5.41) is 0. The lowest BCUT2D eigenvalue weighted by Crippen LogP contribution is -1.99. The van der Waals surface area contributed by atoms with Crippen molar-refractivity contribution in [1.82, 2.24) is 9.97 Å². The second-order valence-electron chi connectivity index (χ2n) is 2.49. The van der Waals surface area contributed by atoms with E-state index in [1.807, 2.05) is 13.8 Å². The Labute approximate surface area is 60.3 Å². The molecule has 0 aliphatic carbocycles. The van der Waals surface area contributed by atoms with Crippen molar-refractivity contribution in [3.05, 3.63) is 18.1 Å². The largest absolute Gasteiger partial charge is 0.384 e. The van der Waals surface area contributed by atoms with Gasteiger partial charge in [0.05, 0.1) is 0 Å². The van der Waals surface area contributed by atoms with Crippen molar-refractivity contribution in [3.8, 4) is 0 Å². The lowest BCUT2D eigenvalue weighted by atomic mass is 10.2. The molecule has 54 valence electrons. The fourth-order valence-corrected chi connectivity index (χ4v) is 0.667. The van der Waals surface area contributed by atoms with Gasteiger partial charge in [-0.1, -0.05) is 13.8 Å². The fraction of sp³-hybridized carbons (Fsp3) is 0.429. The average Bonchev–Trinajstić information content (AvgIpc) is 1.88. The van der Waals surface area contributed by atoms with Crippen LogP contribution in [0.5, 0.6) is 0 Å². The van der Waals surface area contributed by atoms with Crippen LogP contribution in [-0.4, -0.2) is 9.97 Å². The smallest absolute Gasteiger partial charge is 0.133 e. The van der Waals surface area contributed by atoms with Crippen molar-refractivity contribution in [1.29, 1.82) is 0 Å². The van der Waals surface area contributed by atoms with E-state index in [4.69, 9.17) is 5.73 Å². The lowest BCUT2D eigenvalue weighted by molar-refractivity contribution is 0.777. The number of rotatable bonds is 1. The van der Waals surface area contributed by atoms with Gasteiger partial charge in [0.25, 0.3) is 0 Å². The molecule has 0 aliphatic heterocycles. The summed E-state index contributed by atoms with van der Waals surface area (Å²) in [5.74, 6) is 1.70. The highest BCUT2D eigenvalue weighted by atomic mass is 14.9. The van der Waals surface area contributed by atoms with Gasteiger partial charge in [0.1, 0.15) is 11.6 Å². The van der Waals surface area contributed by atoms with E-state index in [0.29, 0.717) is 11.7 Å². The third-order valence-electron chi connectivity index (χ3n) is 1.21. The lowest BCUT2D eigenvalue weighted by Gasteiger charge is -2.01.